The van der Waals surface area contributed by atoms with E-state index in [-0.39, 0.29) is 37.2 Å². The number of sulfonamides is 1. The van der Waals surface area contributed by atoms with Crippen molar-refractivity contribution in [3.8, 4) is 12.1 Å². The first kappa shape index (κ1) is 21.8. The molecule has 0 heterocycles. The van der Waals surface area contributed by atoms with Crippen LogP contribution >= 0.6 is 0 Å². The maximum Gasteiger partial charge on any atom is 0.261 e. The summed E-state index contributed by atoms with van der Waals surface area (Å²) in [6.45, 7) is 0.336. The number of hydrogen-bond acceptors (Lipinski definition) is 5. The zero-order valence-corrected chi connectivity index (χ0v) is 15.9. The first-order chi connectivity index (χ1) is 13.8. The van der Waals surface area contributed by atoms with Crippen LogP contribution in [-0.4, -0.2) is 32.3 Å². The van der Waals surface area contributed by atoms with E-state index in [4.69, 9.17) is 10.5 Å². The van der Waals surface area contributed by atoms with Gasteiger partial charge in [-0.25, -0.2) is 17.2 Å². The predicted molar refractivity (Wildman–Crippen MR) is 100.0 cm³/mol. The Kier molecular flexibility index (Phi) is 7.23. The summed E-state index contributed by atoms with van der Waals surface area (Å²) in [5.74, 6) is -2.85. The molecule has 0 saturated carbocycles. The van der Waals surface area contributed by atoms with Crippen LogP contribution in [0.15, 0.2) is 47.4 Å². The highest BCUT2D eigenvalue weighted by Gasteiger charge is 2.18. The smallest absolute Gasteiger partial charge is 0.261 e. The van der Waals surface area contributed by atoms with Crippen molar-refractivity contribution >= 4 is 21.6 Å². The number of hydrogen-bond donors (Lipinski definition) is 1. The summed E-state index contributed by atoms with van der Waals surface area (Å²) < 4.78 is 53.1. The summed E-state index contributed by atoms with van der Waals surface area (Å²) >= 11 is 0. The number of amides is 1. The van der Waals surface area contributed by atoms with E-state index in [0.717, 1.165) is 6.07 Å². The summed E-state index contributed by atoms with van der Waals surface area (Å²) in [5.41, 5.74) is 0.364. The van der Waals surface area contributed by atoms with Crippen LogP contribution in [0.2, 0.25) is 0 Å². The van der Waals surface area contributed by atoms with Gasteiger partial charge in [0.1, 0.15) is 0 Å². The molecule has 0 spiro atoms. The van der Waals surface area contributed by atoms with Crippen molar-refractivity contribution in [3.05, 3.63) is 59.7 Å². The van der Waals surface area contributed by atoms with Gasteiger partial charge in [0, 0.05) is 24.3 Å². The molecule has 0 radical (unpaired) electrons. The zero-order valence-electron chi connectivity index (χ0n) is 15.1. The summed E-state index contributed by atoms with van der Waals surface area (Å²) in [5, 5.41) is 17.4. The van der Waals surface area contributed by atoms with E-state index < -0.39 is 32.5 Å². The number of nitrogens with zero attached hydrogens (tertiary/aromatic N) is 3. The second-order valence-corrected chi connectivity index (χ2v) is 7.55. The molecule has 0 aliphatic heterocycles. The summed E-state index contributed by atoms with van der Waals surface area (Å²) in [7, 11) is -4.15. The quantitative estimate of drug-likeness (QED) is 0.708. The summed E-state index contributed by atoms with van der Waals surface area (Å²) in [4.78, 5) is 13.5. The predicted octanol–water partition coefficient (Wildman–Crippen LogP) is 3.04. The highest BCUT2D eigenvalue weighted by Crippen LogP contribution is 2.19. The molecule has 1 N–H and O–H groups in total. The largest absolute Gasteiger partial charge is 0.337 e. The lowest BCUT2D eigenvalue weighted by Crippen LogP contribution is -2.32. The second-order valence-electron chi connectivity index (χ2n) is 5.87. The molecule has 0 aliphatic rings. The van der Waals surface area contributed by atoms with Crippen molar-refractivity contribution in [2.24, 2.45) is 0 Å². The first-order valence-electron chi connectivity index (χ1n) is 8.39. The van der Waals surface area contributed by atoms with Gasteiger partial charge in [0.05, 0.1) is 29.9 Å². The molecular formula is C19H16F2N4O3S. The molecule has 0 saturated heterocycles. The lowest BCUT2D eigenvalue weighted by molar-refractivity contribution is 0.0762. The Hall–Kier alpha value is -3.50. The van der Waals surface area contributed by atoms with Crippen molar-refractivity contribution in [2.45, 2.75) is 17.7 Å². The average Bonchev–Trinajstić information content (AvgIpc) is 2.70. The lowest BCUT2D eigenvalue weighted by Gasteiger charge is -2.20. The molecule has 1 amide bonds. The van der Waals surface area contributed by atoms with Gasteiger partial charge in [-0.05, 0) is 42.5 Å². The Labute approximate surface area is 166 Å². The summed E-state index contributed by atoms with van der Waals surface area (Å²) in [6, 6.07) is 11.5. The lowest BCUT2D eigenvalue weighted by atomic mass is 10.1. The van der Waals surface area contributed by atoms with E-state index in [0.29, 0.717) is 12.1 Å². The Morgan fingerprint density at radius 2 is 1.55 bits per heavy atom. The number of nitrogens with one attached hydrogen (secondary N) is 1. The van der Waals surface area contributed by atoms with Crippen LogP contribution in [0.5, 0.6) is 0 Å². The number of carbonyl (C=O) groups is 1. The van der Waals surface area contributed by atoms with E-state index in [1.807, 2.05) is 12.1 Å². The van der Waals surface area contributed by atoms with Crippen LogP contribution in [0.25, 0.3) is 0 Å². The van der Waals surface area contributed by atoms with Gasteiger partial charge in [0.2, 0.25) is 0 Å². The minimum atomic E-state index is -4.15. The molecule has 0 unspecified atom stereocenters. The van der Waals surface area contributed by atoms with Gasteiger partial charge in [0.25, 0.3) is 15.9 Å². The SMILES string of the molecule is N#CCCN(CCC#N)C(=O)c1ccc(NS(=O)(=O)c2ccc(F)c(F)c2)cc1. The van der Waals surface area contributed by atoms with Crippen molar-refractivity contribution in [3.63, 3.8) is 0 Å². The minimum absolute atomic E-state index is 0.114. The third-order valence-corrected chi connectivity index (χ3v) is 5.24. The highest BCUT2D eigenvalue weighted by molar-refractivity contribution is 7.92. The third-order valence-electron chi connectivity index (χ3n) is 3.86. The monoisotopic (exact) mass is 418 g/mol. The van der Waals surface area contributed by atoms with Crippen LogP contribution < -0.4 is 4.72 Å². The van der Waals surface area contributed by atoms with Crippen molar-refractivity contribution in [2.75, 3.05) is 17.8 Å². The van der Waals surface area contributed by atoms with E-state index in [1.165, 1.54) is 29.2 Å². The molecule has 10 heteroatoms. The molecule has 2 rings (SSSR count). The van der Waals surface area contributed by atoms with Crippen LogP contribution in [0.4, 0.5) is 14.5 Å². The van der Waals surface area contributed by atoms with Gasteiger partial charge in [-0.3, -0.25) is 9.52 Å². The maximum absolute atomic E-state index is 13.3. The van der Waals surface area contributed by atoms with E-state index >= 15 is 0 Å². The van der Waals surface area contributed by atoms with Crippen molar-refractivity contribution in [1.82, 2.24) is 4.90 Å². The van der Waals surface area contributed by atoms with E-state index in [9.17, 15) is 22.0 Å². The van der Waals surface area contributed by atoms with Gasteiger partial charge in [0.15, 0.2) is 11.6 Å². The molecule has 2 aromatic rings. The molecule has 0 aliphatic carbocycles. The van der Waals surface area contributed by atoms with Gasteiger partial charge < -0.3 is 4.90 Å². The van der Waals surface area contributed by atoms with Gasteiger partial charge in [-0.1, -0.05) is 0 Å². The van der Waals surface area contributed by atoms with Crippen LogP contribution in [0.1, 0.15) is 23.2 Å². The van der Waals surface area contributed by atoms with Gasteiger partial charge in [-0.2, -0.15) is 10.5 Å². The van der Waals surface area contributed by atoms with Gasteiger partial charge in [-0.15, -0.1) is 0 Å². The van der Waals surface area contributed by atoms with Crippen LogP contribution in [-0.2, 0) is 10.0 Å². The van der Waals surface area contributed by atoms with Gasteiger partial charge >= 0.3 is 0 Å². The molecule has 0 fully saturated rings. The number of rotatable bonds is 8. The maximum atomic E-state index is 13.3. The topological polar surface area (TPSA) is 114 Å². The Bertz CT molecular complexity index is 1060. The fraction of sp³-hybridized carbons (Fsp3) is 0.211. The molecule has 2 aromatic carbocycles. The highest BCUT2D eigenvalue weighted by atomic mass is 32.2. The molecule has 0 aromatic heterocycles. The molecular weight excluding hydrogens is 402 g/mol. The van der Waals surface area contributed by atoms with Crippen molar-refractivity contribution < 1.29 is 22.0 Å². The fourth-order valence-electron chi connectivity index (χ4n) is 2.41. The number of anilines is 1. The first-order valence-corrected chi connectivity index (χ1v) is 9.88. The number of carbonyl (C=O) groups excluding carboxylic acids is 1. The summed E-state index contributed by atoms with van der Waals surface area (Å²) in [6.07, 6.45) is 0.229. The number of benzene rings is 2. The normalized spacial score (nSPS) is 10.6. The average molecular weight is 418 g/mol. The Morgan fingerprint density at radius 1 is 0.966 bits per heavy atom. The number of nitriles is 2. The zero-order chi connectivity index (χ0) is 21.4. The van der Waals surface area contributed by atoms with E-state index in [2.05, 4.69) is 4.72 Å². The molecule has 7 nitrogen and oxygen atoms in total. The Morgan fingerprint density at radius 3 is 2.07 bits per heavy atom. The number of halogens is 2. The van der Waals surface area contributed by atoms with E-state index in [1.54, 1.807) is 0 Å². The minimum Gasteiger partial charge on any atom is -0.337 e. The fourth-order valence-corrected chi connectivity index (χ4v) is 3.48. The second kappa shape index (κ2) is 9.62. The molecule has 0 atom stereocenters. The standard InChI is InChI=1S/C19H16F2N4O3S/c20-17-8-7-16(13-18(17)21)29(27,28)24-15-5-3-14(4-6-15)19(26)25(11-1-9-22)12-2-10-23/h3-8,13,24H,1-2,11-12H2. The van der Waals surface area contributed by atoms with Crippen molar-refractivity contribution in [1.29, 1.82) is 10.5 Å². The Balaban J connectivity index is 2.16. The molecule has 29 heavy (non-hydrogen) atoms. The van der Waals surface area contributed by atoms with Crippen LogP contribution in [0, 0.1) is 34.3 Å². The van der Waals surface area contributed by atoms with Crippen LogP contribution in [0.3, 0.4) is 0 Å². The molecule has 150 valence electrons. The third kappa shape index (κ3) is 5.74. The molecule has 0 bridgehead atoms.